The average Bonchev–Trinajstić information content (AvgIpc) is 3.22. The summed E-state index contributed by atoms with van der Waals surface area (Å²) in [5, 5.41) is 0.901. The summed E-state index contributed by atoms with van der Waals surface area (Å²) in [5.41, 5.74) is 2.70. The molecule has 0 N–H and O–H groups in total. The molecule has 0 amide bonds. The van der Waals surface area contributed by atoms with E-state index >= 15 is 0 Å². The van der Waals surface area contributed by atoms with Crippen molar-refractivity contribution in [1.82, 2.24) is 0 Å². The number of benzene rings is 2. The van der Waals surface area contributed by atoms with Gasteiger partial charge in [-0.2, -0.15) is 0 Å². The standard InChI is InChI=1S/C23H20O6/c1-26-19-10-6-14(12-21(19)27-2)7-11-22(24)28-15-8-9-17-16-4-3-5-18(16)23(25)29-20(17)13-15/h6-13H,3-5H2,1-2H3/b11-7+. The predicted octanol–water partition coefficient (Wildman–Crippen LogP) is 3.92. The van der Waals surface area contributed by atoms with Crippen molar-refractivity contribution in [2.75, 3.05) is 14.2 Å². The predicted molar refractivity (Wildman–Crippen MR) is 109 cm³/mol. The molecule has 2 aromatic carbocycles. The molecule has 1 heterocycles. The third-order valence-electron chi connectivity index (χ3n) is 4.98. The highest BCUT2D eigenvalue weighted by molar-refractivity contribution is 5.90. The first-order valence-electron chi connectivity index (χ1n) is 9.29. The lowest BCUT2D eigenvalue weighted by atomic mass is 10.1. The van der Waals surface area contributed by atoms with Crippen molar-refractivity contribution in [3.63, 3.8) is 0 Å². The Hall–Kier alpha value is -3.54. The van der Waals surface area contributed by atoms with Gasteiger partial charge in [0.05, 0.1) is 14.2 Å². The van der Waals surface area contributed by atoms with Crippen LogP contribution in [0.5, 0.6) is 17.2 Å². The number of fused-ring (bicyclic) bond motifs is 3. The molecule has 148 valence electrons. The fraction of sp³-hybridized carbons (Fsp3) is 0.217. The number of hydrogen-bond donors (Lipinski definition) is 0. The Balaban J connectivity index is 1.53. The molecule has 6 nitrogen and oxygen atoms in total. The van der Waals surface area contributed by atoms with Gasteiger partial charge in [-0.05, 0) is 60.7 Å². The second-order valence-electron chi connectivity index (χ2n) is 6.73. The largest absolute Gasteiger partial charge is 0.493 e. The Morgan fingerprint density at radius 1 is 1.00 bits per heavy atom. The number of hydrogen-bond acceptors (Lipinski definition) is 6. The summed E-state index contributed by atoms with van der Waals surface area (Å²) in [6.07, 6.45) is 5.52. The minimum absolute atomic E-state index is 0.304. The van der Waals surface area contributed by atoms with Gasteiger partial charge in [0.15, 0.2) is 11.5 Å². The first kappa shape index (κ1) is 18.8. The molecule has 0 radical (unpaired) electrons. The highest BCUT2D eigenvalue weighted by atomic mass is 16.5. The van der Waals surface area contributed by atoms with Gasteiger partial charge in [-0.15, -0.1) is 0 Å². The summed E-state index contributed by atoms with van der Waals surface area (Å²) >= 11 is 0. The van der Waals surface area contributed by atoms with E-state index in [1.165, 1.54) is 6.08 Å². The summed E-state index contributed by atoms with van der Waals surface area (Å²) in [6, 6.07) is 10.4. The highest BCUT2D eigenvalue weighted by Gasteiger charge is 2.19. The van der Waals surface area contributed by atoms with Crippen molar-refractivity contribution in [3.05, 3.63) is 69.6 Å². The van der Waals surface area contributed by atoms with Crippen LogP contribution in [0.1, 0.15) is 23.1 Å². The Bertz CT molecular complexity index is 1170. The second kappa shape index (κ2) is 7.83. The van der Waals surface area contributed by atoms with Crippen LogP contribution in [-0.4, -0.2) is 20.2 Å². The molecule has 0 spiro atoms. The van der Waals surface area contributed by atoms with Crippen LogP contribution < -0.4 is 19.8 Å². The van der Waals surface area contributed by atoms with Crippen LogP contribution in [0.4, 0.5) is 0 Å². The number of ether oxygens (including phenoxy) is 3. The minimum Gasteiger partial charge on any atom is -0.493 e. The van der Waals surface area contributed by atoms with E-state index in [4.69, 9.17) is 18.6 Å². The lowest BCUT2D eigenvalue weighted by Gasteiger charge is -2.08. The second-order valence-corrected chi connectivity index (χ2v) is 6.73. The van der Waals surface area contributed by atoms with Gasteiger partial charge >= 0.3 is 11.6 Å². The Labute approximate surface area is 167 Å². The van der Waals surface area contributed by atoms with E-state index in [1.54, 1.807) is 50.6 Å². The monoisotopic (exact) mass is 392 g/mol. The number of aryl methyl sites for hydroxylation is 1. The minimum atomic E-state index is -0.539. The molecule has 0 saturated carbocycles. The zero-order chi connectivity index (χ0) is 20.4. The van der Waals surface area contributed by atoms with E-state index in [9.17, 15) is 9.59 Å². The molecule has 4 rings (SSSR count). The molecule has 1 aliphatic carbocycles. The number of methoxy groups -OCH3 is 2. The summed E-state index contributed by atoms with van der Waals surface area (Å²) in [5.74, 6) is 0.958. The van der Waals surface area contributed by atoms with E-state index in [1.807, 2.05) is 6.07 Å². The van der Waals surface area contributed by atoms with Crippen molar-refractivity contribution in [3.8, 4) is 17.2 Å². The summed E-state index contributed by atoms with van der Waals surface area (Å²) < 4.78 is 21.2. The van der Waals surface area contributed by atoms with Crippen molar-refractivity contribution >= 4 is 23.0 Å². The zero-order valence-corrected chi connectivity index (χ0v) is 16.2. The first-order valence-corrected chi connectivity index (χ1v) is 9.29. The zero-order valence-electron chi connectivity index (χ0n) is 16.2. The molecule has 0 fully saturated rings. The lowest BCUT2D eigenvalue weighted by Crippen LogP contribution is -2.07. The molecule has 29 heavy (non-hydrogen) atoms. The summed E-state index contributed by atoms with van der Waals surface area (Å²) in [4.78, 5) is 24.3. The third-order valence-corrected chi connectivity index (χ3v) is 4.98. The maximum atomic E-state index is 12.2. The Kier molecular flexibility index (Phi) is 5.08. The van der Waals surface area contributed by atoms with Crippen LogP contribution in [0.3, 0.4) is 0 Å². The Morgan fingerprint density at radius 2 is 1.79 bits per heavy atom. The normalized spacial score (nSPS) is 12.9. The first-order chi connectivity index (χ1) is 14.1. The van der Waals surface area contributed by atoms with Crippen molar-refractivity contribution < 1.29 is 23.4 Å². The van der Waals surface area contributed by atoms with Crippen molar-refractivity contribution in [1.29, 1.82) is 0 Å². The number of carbonyl (C=O) groups excluding carboxylic acids is 1. The SMILES string of the molecule is COc1ccc(/C=C/C(=O)Oc2ccc3c4c(c(=O)oc3c2)CCC4)cc1OC. The van der Waals surface area contributed by atoms with Crippen LogP contribution in [0.15, 0.2) is 51.7 Å². The lowest BCUT2D eigenvalue weighted by molar-refractivity contribution is -0.128. The number of esters is 1. The van der Waals surface area contributed by atoms with Crippen LogP contribution in [0, 0.1) is 0 Å². The van der Waals surface area contributed by atoms with E-state index in [0.29, 0.717) is 22.8 Å². The molecule has 6 heteroatoms. The fourth-order valence-electron chi connectivity index (χ4n) is 3.60. The third kappa shape index (κ3) is 3.74. The van der Waals surface area contributed by atoms with Crippen LogP contribution in [-0.2, 0) is 17.6 Å². The van der Waals surface area contributed by atoms with Crippen molar-refractivity contribution in [2.45, 2.75) is 19.3 Å². The van der Waals surface area contributed by atoms with Gasteiger partial charge in [0.25, 0.3) is 0 Å². The Morgan fingerprint density at radius 3 is 2.59 bits per heavy atom. The quantitative estimate of drug-likeness (QED) is 0.284. The molecular weight excluding hydrogens is 372 g/mol. The number of carbonyl (C=O) groups is 1. The average molecular weight is 392 g/mol. The van der Waals surface area contributed by atoms with E-state index < -0.39 is 5.97 Å². The van der Waals surface area contributed by atoms with E-state index in [2.05, 4.69) is 0 Å². The van der Waals surface area contributed by atoms with E-state index in [-0.39, 0.29) is 5.63 Å². The molecule has 3 aromatic rings. The molecule has 0 saturated heterocycles. The highest BCUT2D eigenvalue weighted by Crippen LogP contribution is 2.30. The van der Waals surface area contributed by atoms with Crippen LogP contribution >= 0.6 is 0 Å². The molecule has 0 unspecified atom stereocenters. The molecule has 0 aliphatic heterocycles. The van der Waals surface area contributed by atoms with Gasteiger partial charge in [0.1, 0.15) is 11.3 Å². The van der Waals surface area contributed by atoms with Gasteiger partial charge < -0.3 is 18.6 Å². The summed E-state index contributed by atoms with van der Waals surface area (Å²) in [6.45, 7) is 0. The number of rotatable bonds is 5. The maximum Gasteiger partial charge on any atom is 0.339 e. The van der Waals surface area contributed by atoms with Gasteiger partial charge in [-0.3, -0.25) is 0 Å². The smallest absolute Gasteiger partial charge is 0.339 e. The molecule has 0 atom stereocenters. The molecule has 0 bridgehead atoms. The van der Waals surface area contributed by atoms with Gasteiger partial charge in [-0.25, -0.2) is 9.59 Å². The molecule has 1 aliphatic rings. The molecule has 1 aromatic heterocycles. The topological polar surface area (TPSA) is 75.0 Å². The van der Waals surface area contributed by atoms with Crippen LogP contribution in [0.25, 0.3) is 17.0 Å². The fourth-order valence-corrected chi connectivity index (χ4v) is 3.60. The van der Waals surface area contributed by atoms with E-state index in [0.717, 1.165) is 41.3 Å². The molecular formula is C23H20O6. The summed E-state index contributed by atoms with van der Waals surface area (Å²) in [7, 11) is 3.11. The van der Waals surface area contributed by atoms with Gasteiger partial charge in [0, 0.05) is 23.1 Å². The van der Waals surface area contributed by atoms with Gasteiger partial charge in [-0.1, -0.05) is 6.07 Å². The maximum absolute atomic E-state index is 12.2. The van der Waals surface area contributed by atoms with Crippen molar-refractivity contribution in [2.24, 2.45) is 0 Å². The van der Waals surface area contributed by atoms with Crippen LogP contribution in [0.2, 0.25) is 0 Å². The van der Waals surface area contributed by atoms with Gasteiger partial charge in [0.2, 0.25) is 0 Å².